The Kier molecular flexibility index (Phi) is 6.03. The van der Waals surface area contributed by atoms with Gasteiger partial charge in [-0.25, -0.2) is 0 Å². The zero-order chi connectivity index (χ0) is 22.5. The maximum atomic E-state index is 11.3. The third-order valence-corrected chi connectivity index (χ3v) is 4.60. The first-order valence-electron chi connectivity index (χ1n) is 9.87. The lowest BCUT2D eigenvalue weighted by molar-refractivity contribution is -0.114. The van der Waals surface area contributed by atoms with Crippen LogP contribution in [-0.2, 0) is 4.79 Å². The number of benzene rings is 3. The lowest BCUT2D eigenvalue weighted by Gasteiger charge is -2.14. The van der Waals surface area contributed by atoms with Gasteiger partial charge in [-0.05, 0) is 42.5 Å². The molecule has 8 heteroatoms. The van der Waals surface area contributed by atoms with Crippen molar-refractivity contribution in [1.82, 2.24) is 9.97 Å². The number of carbonyl (C=O) groups excluding carboxylic acids is 1. The number of hydrogen-bond donors (Lipinski definition) is 2. The van der Waals surface area contributed by atoms with Crippen molar-refractivity contribution in [2.24, 2.45) is 0 Å². The van der Waals surface area contributed by atoms with E-state index in [1.807, 2.05) is 48.5 Å². The van der Waals surface area contributed by atoms with Crippen molar-refractivity contribution in [3.8, 4) is 23.3 Å². The van der Waals surface area contributed by atoms with Crippen LogP contribution in [-0.4, -0.2) is 30.1 Å². The summed E-state index contributed by atoms with van der Waals surface area (Å²) < 4.78 is 16.7. The number of nitrogens with one attached hydrogen (secondary N) is 2. The molecule has 1 amide bonds. The monoisotopic (exact) mass is 430 g/mol. The summed E-state index contributed by atoms with van der Waals surface area (Å²) in [5.74, 6) is 2.14. The van der Waals surface area contributed by atoms with E-state index in [9.17, 15) is 4.79 Å². The zero-order valence-corrected chi connectivity index (χ0v) is 17.9. The quantitative estimate of drug-likeness (QED) is 0.419. The van der Waals surface area contributed by atoms with Gasteiger partial charge in [-0.3, -0.25) is 4.79 Å². The predicted molar refractivity (Wildman–Crippen MR) is 123 cm³/mol. The van der Waals surface area contributed by atoms with E-state index in [0.717, 1.165) is 11.1 Å². The molecule has 8 nitrogen and oxygen atoms in total. The minimum Gasteiger partial charge on any atom is -0.493 e. The molecule has 0 fully saturated rings. The van der Waals surface area contributed by atoms with Crippen molar-refractivity contribution in [1.29, 1.82) is 0 Å². The minimum absolute atomic E-state index is 0.128. The fraction of sp³-hybridized carbons (Fsp3) is 0.125. The number of aromatic nitrogens is 2. The van der Waals surface area contributed by atoms with Gasteiger partial charge in [0.05, 0.1) is 19.7 Å². The summed E-state index contributed by atoms with van der Waals surface area (Å²) in [5, 5.41) is 6.78. The molecule has 0 radical (unpaired) electrons. The van der Waals surface area contributed by atoms with E-state index < -0.39 is 0 Å². The molecule has 32 heavy (non-hydrogen) atoms. The van der Waals surface area contributed by atoms with Crippen molar-refractivity contribution in [2.45, 2.75) is 6.92 Å². The van der Waals surface area contributed by atoms with Crippen LogP contribution in [0.1, 0.15) is 6.92 Å². The second-order valence-electron chi connectivity index (χ2n) is 6.88. The Hall–Kier alpha value is -4.33. The highest BCUT2D eigenvalue weighted by Crippen LogP contribution is 2.36. The third-order valence-electron chi connectivity index (χ3n) is 4.60. The van der Waals surface area contributed by atoms with E-state index in [0.29, 0.717) is 34.3 Å². The normalized spacial score (nSPS) is 10.5. The van der Waals surface area contributed by atoms with Gasteiger partial charge in [0, 0.05) is 29.8 Å². The highest BCUT2D eigenvalue weighted by Gasteiger charge is 2.15. The molecule has 162 valence electrons. The van der Waals surface area contributed by atoms with E-state index in [1.165, 1.54) is 6.92 Å². The summed E-state index contributed by atoms with van der Waals surface area (Å²) in [7, 11) is 3.15. The summed E-state index contributed by atoms with van der Waals surface area (Å²) in [6.45, 7) is 1.47. The predicted octanol–water partition coefficient (Wildman–Crippen LogP) is 5.14. The first kappa shape index (κ1) is 20.9. The summed E-state index contributed by atoms with van der Waals surface area (Å²) >= 11 is 0. The van der Waals surface area contributed by atoms with Crippen molar-refractivity contribution in [2.75, 3.05) is 24.9 Å². The number of hydrogen-bond acceptors (Lipinski definition) is 7. The second-order valence-corrected chi connectivity index (χ2v) is 6.88. The van der Waals surface area contributed by atoms with Crippen molar-refractivity contribution < 1.29 is 19.0 Å². The van der Waals surface area contributed by atoms with E-state index in [-0.39, 0.29) is 11.9 Å². The van der Waals surface area contributed by atoms with Gasteiger partial charge in [-0.15, -0.1) is 0 Å². The molecule has 0 saturated carbocycles. The van der Waals surface area contributed by atoms with Gasteiger partial charge in [0.2, 0.25) is 5.91 Å². The number of rotatable bonds is 7. The fourth-order valence-electron chi connectivity index (χ4n) is 3.15. The van der Waals surface area contributed by atoms with E-state index >= 15 is 0 Å². The van der Waals surface area contributed by atoms with Crippen molar-refractivity contribution in [3.63, 3.8) is 0 Å². The van der Waals surface area contributed by atoms with Crippen LogP contribution in [0, 0.1) is 0 Å². The number of amides is 1. The molecule has 4 aromatic rings. The van der Waals surface area contributed by atoms with Gasteiger partial charge in [0.1, 0.15) is 11.6 Å². The average Bonchev–Trinajstić information content (AvgIpc) is 2.80. The number of carbonyl (C=O) groups is 1. The molecule has 0 aliphatic heterocycles. The Morgan fingerprint density at radius 1 is 0.844 bits per heavy atom. The Bertz CT molecular complexity index is 1240. The molecule has 2 N–H and O–H groups in total. The summed E-state index contributed by atoms with van der Waals surface area (Å²) in [5.41, 5.74) is 2.11. The smallest absolute Gasteiger partial charge is 0.324 e. The molecule has 0 saturated heterocycles. The Morgan fingerprint density at radius 3 is 2.16 bits per heavy atom. The SMILES string of the molecule is COc1cc2nc(Oc3ccccc3)nc(Nc3ccc(NC(C)=O)cc3)c2cc1OC. The highest BCUT2D eigenvalue weighted by molar-refractivity contribution is 5.94. The molecule has 0 spiro atoms. The lowest BCUT2D eigenvalue weighted by Crippen LogP contribution is -2.05. The molecular weight excluding hydrogens is 408 g/mol. The molecule has 0 bridgehead atoms. The molecule has 3 aromatic carbocycles. The molecule has 0 atom stereocenters. The minimum atomic E-state index is -0.128. The summed E-state index contributed by atoms with van der Waals surface area (Å²) in [4.78, 5) is 20.4. The van der Waals surface area contributed by atoms with E-state index in [1.54, 1.807) is 32.4 Å². The van der Waals surface area contributed by atoms with Gasteiger partial charge >= 0.3 is 6.01 Å². The molecule has 1 heterocycles. The molecule has 1 aromatic heterocycles. The maximum Gasteiger partial charge on any atom is 0.324 e. The first-order chi connectivity index (χ1) is 15.6. The number of fused-ring (bicyclic) bond motifs is 1. The largest absolute Gasteiger partial charge is 0.493 e. The number of nitrogens with zero attached hydrogens (tertiary/aromatic N) is 2. The molecule has 4 rings (SSSR count). The Labute approximate surface area is 185 Å². The molecule has 0 aliphatic rings. The zero-order valence-electron chi connectivity index (χ0n) is 17.9. The lowest BCUT2D eigenvalue weighted by atomic mass is 10.2. The Balaban J connectivity index is 1.76. The van der Waals surface area contributed by atoms with E-state index in [4.69, 9.17) is 14.2 Å². The van der Waals surface area contributed by atoms with Crippen LogP contribution in [0.5, 0.6) is 23.3 Å². The van der Waals surface area contributed by atoms with Crippen LogP contribution in [0.25, 0.3) is 10.9 Å². The van der Waals surface area contributed by atoms with Gasteiger partial charge in [-0.2, -0.15) is 9.97 Å². The van der Waals surface area contributed by atoms with Crippen LogP contribution < -0.4 is 24.8 Å². The van der Waals surface area contributed by atoms with Crippen LogP contribution in [0.15, 0.2) is 66.7 Å². The number of para-hydroxylation sites is 1. The maximum absolute atomic E-state index is 11.3. The summed E-state index contributed by atoms with van der Waals surface area (Å²) in [6.07, 6.45) is 0. The van der Waals surface area contributed by atoms with Crippen molar-refractivity contribution >= 4 is 34.0 Å². The molecular formula is C24H22N4O4. The van der Waals surface area contributed by atoms with Gasteiger partial charge in [-0.1, -0.05) is 18.2 Å². The van der Waals surface area contributed by atoms with Gasteiger partial charge in [0.25, 0.3) is 0 Å². The standard InChI is InChI=1S/C24H22N4O4/c1-15(29)25-16-9-11-17(12-10-16)26-23-19-13-21(30-2)22(31-3)14-20(19)27-24(28-23)32-18-7-5-4-6-8-18/h4-14H,1-3H3,(H,25,29)(H,26,27,28). The van der Waals surface area contributed by atoms with Crippen molar-refractivity contribution in [3.05, 3.63) is 66.7 Å². The number of ether oxygens (including phenoxy) is 3. The van der Waals surface area contributed by atoms with Gasteiger partial charge < -0.3 is 24.8 Å². The van der Waals surface area contributed by atoms with Crippen LogP contribution in [0.3, 0.4) is 0 Å². The topological polar surface area (TPSA) is 94.6 Å². The molecule has 0 unspecified atom stereocenters. The van der Waals surface area contributed by atoms with Crippen LogP contribution >= 0.6 is 0 Å². The Morgan fingerprint density at radius 2 is 1.50 bits per heavy atom. The second kappa shape index (κ2) is 9.22. The average molecular weight is 430 g/mol. The molecule has 0 aliphatic carbocycles. The highest BCUT2D eigenvalue weighted by atomic mass is 16.5. The van der Waals surface area contributed by atoms with Crippen LogP contribution in [0.4, 0.5) is 17.2 Å². The number of methoxy groups -OCH3 is 2. The van der Waals surface area contributed by atoms with Crippen LogP contribution in [0.2, 0.25) is 0 Å². The first-order valence-corrected chi connectivity index (χ1v) is 9.87. The number of anilines is 3. The van der Waals surface area contributed by atoms with E-state index in [2.05, 4.69) is 20.6 Å². The fourth-order valence-corrected chi connectivity index (χ4v) is 3.15. The summed E-state index contributed by atoms with van der Waals surface area (Å²) in [6, 6.07) is 20.4. The van der Waals surface area contributed by atoms with Gasteiger partial charge in [0.15, 0.2) is 11.5 Å². The third kappa shape index (κ3) is 4.70.